The summed E-state index contributed by atoms with van der Waals surface area (Å²) in [6.45, 7) is 5.43. The fraction of sp³-hybridized carbons (Fsp3) is 0.368. The molecule has 5 heteroatoms. The summed E-state index contributed by atoms with van der Waals surface area (Å²) in [6.07, 6.45) is 3.84. The van der Waals surface area contributed by atoms with Crippen molar-refractivity contribution >= 4 is 17.3 Å². The molecule has 0 saturated carbocycles. The first-order valence-corrected chi connectivity index (χ1v) is 8.32. The van der Waals surface area contributed by atoms with Gasteiger partial charge in [-0.2, -0.15) is 0 Å². The Morgan fingerprint density at radius 1 is 1.29 bits per heavy atom. The first kappa shape index (κ1) is 16.5. The zero-order valence-corrected chi connectivity index (χ0v) is 14.1. The van der Waals surface area contributed by atoms with E-state index in [0.717, 1.165) is 36.4 Å². The highest BCUT2D eigenvalue weighted by Gasteiger charge is 2.17. The number of benzene rings is 1. The normalized spacial score (nSPS) is 16.8. The molecule has 0 aliphatic carbocycles. The molecule has 1 atom stereocenters. The van der Waals surface area contributed by atoms with Gasteiger partial charge >= 0.3 is 0 Å². The molecule has 2 aromatic rings. The molecular weight excluding hydrogens is 302 g/mol. The van der Waals surface area contributed by atoms with Gasteiger partial charge in [0.1, 0.15) is 5.69 Å². The second kappa shape index (κ2) is 7.45. The third kappa shape index (κ3) is 4.11. The lowest BCUT2D eigenvalue weighted by Gasteiger charge is -2.12. The van der Waals surface area contributed by atoms with Crippen LogP contribution in [0.1, 0.15) is 34.5 Å². The third-order valence-corrected chi connectivity index (χ3v) is 4.18. The van der Waals surface area contributed by atoms with Gasteiger partial charge in [0.15, 0.2) is 0 Å². The molecule has 1 amide bonds. The first-order chi connectivity index (χ1) is 11.6. The van der Waals surface area contributed by atoms with Crippen LogP contribution in [-0.2, 0) is 4.74 Å². The van der Waals surface area contributed by atoms with Crippen LogP contribution in [0.3, 0.4) is 0 Å². The van der Waals surface area contributed by atoms with Crippen LogP contribution in [0.25, 0.3) is 0 Å². The Balaban J connectivity index is 1.66. The van der Waals surface area contributed by atoms with Gasteiger partial charge in [-0.05, 0) is 56.0 Å². The van der Waals surface area contributed by atoms with Gasteiger partial charge in [-0.25, -0.2) is 0 Å². The molecule has 1 fully saturated rings. The average molecular weight is 325 g/mol. The number of nitrogens with zero attached hydrogens (tertiary/aromatic N) is 1. The number of amides is 1. The van der Waals surface area contributed by atoms with E-state index < -0.39 is 0 Å². The molecule has 3 rings (SSSR count). The Hall–Kier alpha value is -2.40. The van der Waals surface area contributed by atoms with E-state index in [9.17, 15) is 4.79 Å². The summed E-state index contributed by atoms with van der Waals surface area (Å²) in [5.41, 5.74) is 4.63. The van der Waals surface area contributed by atoms with Crippen molar-refractivity contribution in [3.05, 3.63) is 53.3 Å². The molecule has 1 aromatic carbocycles. The molecule has 0 radical (unpaired) electrons. The SMILES string of the molecule is Cc1ccc(C)c(Nc2ccnc(C(=O)NCC3CCCO3)c2)c1. The van der Waals surface area contributed by atoms with E-state index in [-0.39, 0.29) is 12.0 Å². The Morgan fingerprint density at radius 2 is 2.17 bits per heavy atom. The number of ether oxygens (including phenoxy) is 1. The van der Waals surface area contributed by atoms with Crippen LogP contribution in [0.4, 0.5) is 11.4 Å². The average Bonchev–Trinajstić information content (AvgIpc) is 3.10. The van der Waals surface area contributed by atoms with E-state index in [4.69, 9.17) is 4.74 Å². The van der Waals surface area contributed by atoms with Gasteiger partial charge in [-0.3, -0.25) is 9.78 Å². The summed E-state index contributed by atoms with van der Waals surface area (Å²) in [4.78, 5) is 16.4. The fourth-order valence-corrected chi connectivity index (χ4v) is 2.76. The molecule has 2 heterocycles. The van der Waals surface area contributed by atoms with Crippen molar-refractivity contribution < 1.29 is 9.53 Å². The number of carbonyl (C=O) groups is 1. The fourth-order valence-electron chi connectivity index (χ4n) is 2.76. The molecular formula is C19H23N3O2. The van der Waals surface area contributed by atoms with Crippen molar-refractivity contribution in [2.45, 2.75) is 32.8 Å². The predicted octanol–water partition coefficient (Wildman–Crippen LogP) is 3.35. The van der Waals surface area contributed by atoms with Gasteiger partial charge in [0.05, 0.1) is 6.10 Å². The quantitative estimate of drug-likeness (QED) is 0.885. The van der Waals surface area contributed by atoms with Crippen molar-refractivity contribution in [2.75, 3.05) is 18.5 Å². The lowest BCUT2D eigenvalue weighted by molar-refractivity contribution is 0.0854. The molecule has 2 N–H and O–H groups in total. The topological polar surface area (TPSA) is 63.2 Å². The van der Waals surface area contributed by atoms with Crippen LogP contribution in [0.2, 0.25) is 0 Å². The smallest absolute Gasteiger partial charge is 0.270 e. The number of nitrogens with one attached hydrogen (secondary N) is 2. The molecule has 24 heavy (non-hydrogen) atoms. The van der Waals surface area contributed by atoms with E-state index in [1.165, 1.54) is 5.56 Å². The minimum atomic E-state index is -0.171. The number of hydrogen-bond donors (Lipinski definition) is 2. The van der Waals surface area contributed by atoms with Gasteiger partial charge in [0.25, 0.3) is 5.91 Å². The van der Waals surface area contributed by atoms with Gasteiger partial charge in [-0.15, -0.1) is 0 Å². The monoisotopic (exact) mass is 325 g/mol. The minimum absolute atomic E-state index is 0.130. The lowest BCUT2D eigenvalue weighted by atomic mass is 10.1. The molecule has 1 aromatic heterocycles. The molecule has 1 aliphatic rings. The molecule has 1 saturated heterocycles. The summed E-state index contributed by atoms with van der Waals surface area (Å²) in [6, 6.07) is 9.88. The van der Waals surface area contributed by atoms with Crippen molar-refractivity contribution in [2.24, 2.45) is 0 Å². The van der Waals surface area contributed by atoms with Crippen LogP contribution in [0, 0.1) is 13.8 Å². The molecule has 1 aliphatic heterocycles. The van der Waals surface area contributed by atoms with E-state index in [2.05, 4.69) is 47.7 Å². The van der Waals surface area contributed by atoms with E-state index >= 15 is 0 Å². The number of aromatic nitrogens is 1. The van der Waals surface area contributed by atoms with E-state index in [0.29, 0.717) is 12.2 Å². The first-order valence-electron chi connectivity index (χ1n) is 8.32. The highest BCUT2D eigenvalue weighted by atomic mass is 16.5. The summed E-state index contributed by atoms with van der Waals surface area (Å²) < 4.78 is 5.52. The Labute approximate surface area is 142 Å². The second-order valence-corrected chi connectivity index (χ2v) is 6.22. The van der Waals surface area contributed by atoms with E-state index in [1.807, 2.05) is 6.07 Å². The van der Waals surface area contributed by atoms with Crippen LogP contribution in [0.15, 0.2) is 36.5 Å². The number of hydrogen-bond acceptors (Lipinski definition) is 4. The Kier molecular flexibility index (Phi) is 5.11. The Morgan fingerprint density at radius 3 is 2.96 bits per heavy atom. The number of rotatable bonds is 5. The highest BCUT2D eigenvalue weighted by Crippen LogP contribution is 2.22. The number of carbonyl (C=O) groups excluding carboxylic acids is 1. The van der Waals surface area contributed by atoms with Crippen LogP contribution >= 0.6 is 0 Å². The highest BCUT2D eigenvalue weighted by molar-refractivity contribution is 5.93. The van der Waals surface area contributed by atoms with Crippen molar-refractivity contribution in [1.82, 2.24) is 10.3 Å². The van der Waals surface area contributed by atoms with E-state index in [1.54, 1.807) is 12.3 Å². The largest absolute Gasteiger partial charge is 0.376 e. The predicted molar refractivity (Wildman–Crippen MR) is 94.7 cm³/mol. The molecule has 126 valence electrons. The maximum Gasteiger partial charge on any atom is 0.270 e. The molecule has 1 unspecified atom stereocenters. The second-order valence-electron chi connectivity index (χ2n) is 6.22. The summed E-state index contributed by atoms with van der Waals surface area (Å²) in [7, 11) is 0. The summed E-state index contributed by atoms with van der Waals surface area (Å²) in [5.74, 6) is -0.171. The maximum absolute atomic E-state index is 12.3. The van der Waals surface area contributed by atoms with Crippen molar-refractivity contribution in [1.29, 1.82) is 0 Å². The standard InChI is InChI=1S/C19H23N3O2/c1-13-5-6-14(2)17(10-13)22-15-7-8-20-18(11-15)19(23)21-12-16-4-3-9-24-16/h5-8,10-11,16H,3-4,9,12H2,1-2H3,(H,20,22)(H,21,23). The zero-order chi connectivity index (χ0) is 16.9. The van der Waals surface area contributed by atoms with Gasteiger partial charge in [0, 0.05) is 30.7 Å². The summed E-state index contributed by atoms with van der Waals surface area (Å²) in [5, 5.41) is 6.26. The Bertz CT molecular complexity index is 724. The van der Waals surface area contributed by atoms with Crippen molar-refractivity contribution in [3.8, 4) is 0 Å². The molecule has 0 bridgehead atoms. The number of aryl methyl sites for hydroxylation is 2. The third-order valence-electron chi connectivity index (χ3n) is 4.18. The number of pyridine rings is 1. The van der Waals surface area contributed by atoms with Crippen LogP contribution in [0.5, 0.6) is 0 Å². The zero-order valence-electron chi connectivity index (χ0n) is 14.1. The van der Waals surface area contributed by atoms with Gasteiger partial charge in [-0.1, -0.05) is 12.1 Å². The van der Waals surface area contributed by atoms with Gasteiger partial charge in [0.2, 0.25) is 0 Å². The minimum Gasteiger partial charge on any atom is -0.376 e. The molecule has 0 spiro atoms. The number of anilines is 2. The summed E-state index contributed by atoms with van der Waals surface area (Å²) >= 11 is 0. The van der Waals surface area contributed by atoms with Gasteiger partial charge < -0.3 is 15.4 Å². The van der Waals surface area contributed by atoms with Crippen molar-refractivity contribution in [3.63, 3.8) is 0 Å². The lowest BCUT2D eigenvalue weighted by Crippen LogP contribution is -2.32. The van der Waals surface area contributed by atoms with Crippen LogP contribution < -0.4 is 10.6 Å². The maximum atomic E-state index is 12.3. The molecule has 5 nitrogen and oxygen atoms in total. The van der Waals surface area contributed by atoms with Crippen LogP contribution in [-0.4, -0.2) is 30.1 Å².